The zero-order valence-corrected chi connectivity index (χ0v) is 9.52. The Morgan fingerprint density at radius 2 is 2.19 bits per heavy atom. The number of hydrogen-bond acceptors (Lipinski definition) is 4. The van der Waals surface area contributed by atoms with Crippen LogP contribution in [0, 0.1) is 11.3 Å². The van der Waals surface area contributed by atoms with Crippen LogP contribution in [0.1, 0.15) is 11.6 Å². The Morgan fingerprint density at radius 3 is 2.75 bits per heavy atom. The second-order valence-corrected chi connectivity index (χ2v) is 3.98. The van der Waals surface area contributed by atoms with E-state index in [1.54, 1.807) is 12.3 Å². The van der Waals surface area contributed by atoms with Gasteiger partial charge in [-0.1, -0.05) is 17.7 Å². The number of nitrogens with zero attached hydrogens (tertiary/aromatic N) is 3. The second kappa shape index (κ2) is 5.26. The molecule has 0 N–H and O–H groups in total. The fourth-order valence-electron chi connectivity index (χ4n) is 1.75. The number of rotatable bonds is 2. The molecule has 0 radical (unpaired) electrons. The average molecular weight is 238 g/mol. The van der Waals surface area contributed by atoms with Crippen molar-refractivity contribution in [3.05, 3.63) is 29.0 Å². The van der Waals surface area contributed by atoms with Gasteiger partial charge in [0.2, 0.25) is 0 Å². The van der Waals surface area contributed by atoms with Gasteiger partial charge in [-0.15, -0.1) is 0 Å². The predicted molar refractivity (Wildman–Crippen MR) is 60.0 cm³/mol. The first-order chi connectivity index (χ1) is 7.81. The van der Waals surface area contributed by atoms with Crippen molar-refractivity contribution in [1.82, 2.24) is 9.88 Å². The molecular formula is C11H12ClN3O. The number of pyridine rings is 1. The fourth-order valence-corrected chi connectivity index (χ4v) is 1.86. The molecule has 16 heavy (non-hydrogen) atoms. The summed E-state index contributed by atoms with van der Waals surface area (Å²) in [6.45, 7) is 2.92. The molecule has 1 aromatic heterocycles. The number of hydrogen-bond donors (Lipinski definition) is 0. The molecule has 1 aliphatic rings. The molecule has 2 heterocycles. The van der Waals surface area contributed by atoms with E-state index in [0.717, 1.165) is 18.7 Å². The van der Waals surface area contributed by atoms with Crippen LogP contribution in [0.2, 0.25) is 5.15 Å². The van der Waals surface area contributed by atoms with Crippen LogP contribution in [-0.4, -0.2) is 36.2 Å². The predicted octanol–water partition coefficient (Wildman–Crippen LogP) is 1.63. The van der Waals surface area contributed by atoms with Crippen molar-refractivity contribution >= 4 is 11.6 Å². The van der Waals surface area contributed by atoms with Gasteiger partial charge >= 0.3 is 0 Å². The minimum Gasteiger partial charge on any atom is -0.379 e. The Hall–Kier alpha value is -1.15. The van der Waals surface area contributed by atoms with Crippen LogP contribution in [0.3, 0.4) is 0 Å². The first-order valence-electron chi connectivity index (χ1n) is 5.14. The molecule has 2 rings (SSSR count). The summed E-state index contributed by atoms with van der Waals surface area (Å²) in [6.07, 6.45) is 1.66. The molecule has 1 atom stereocenters. The van der Waals surface area contributed by atoms with E-state index >= 15 is 0 Å². The van der Waals surface area contributed by atoms with Crippen molar-refractivity contribution in [2.75, 3.05) is 26.3 Å². The molecule has 1 fully saturated rings. The summed E-state index contributed by atoms with van der Waals surface area (Å²) in [5.74, 6) is 0. The monoisotopic (exact) mass is 237 g/mol. The molecule has 84 valence electrons. The van der Waals surface area contributed by atoms with Crippen LogP contribution in [0.4, 0.5) is 0 Å². The maximum absolute atomic E-state index is 9.21. The zero-order chi connectivity index (χ0) is 11.4. The largest absolute Gasteiger partial charge is 0.379 e. The van der Waals surface area contributed by atoms with Gasteiger partial charge in [-0.05, 0) is 6.07 Å². The maximum Gasteiger partial charge on any atom is 0.129 e. The molecule has 0 spiro atoms. The van der Waals surface area contributed by atoms with E-state index in [-0.39, 0.29) is 6.04 Å². The van der Waals surface area contributed by atoms with Crippen LogP contribution in [0.5, 0.6) is 0 Å². The summed E-state index contributed by atoms with van der Waals surface area (Å²) in [5, 5.41) is 9.65. The van der Waals surface area contributed by atoms with Crippen LogP contribution < -0.4 is 0 Å². The third-order valence-corrected chi connectivity index (χ3v) is 2.82. The molecule has 0 saturated carbocycles. The quantitative estimate of drug-likeness (QED) is 0.734. The first kappa shape index (κ1) is 11.3. The first-order valence-corrected chi connectivity index (χ1v) is 5.52. The highest BCUT2D eigenvalue weighted by molar-refractivity contribution is 6.29. The molecule has 0 bridgehead atoms. The fraction of sp³-hybridized carbons (Fsp3) is 0.455. The minimum atomic E-state index is -0.256. The third-order valence-electron chi connectivity index (χ3n) is 2.60. The number of ether oxygens (including phenoxy) is 1. The average Bonchev–Trinajstić information content (AvgIpc) is 2.34. The van der Waals surface area contributed by atoms with Crippen LogP contribution in [-0.2, 0) is 4.74 Å². The molecule has 1 saturated heterocycles. The van der Waals surface area contributed by atoms with E-state index in [1.807, 2.05) is 6.07 Å². The van der Waals surface area contributed by atoms with Gasteiger partial charge in [-0.2, -0.15) is 5.26 Å². The molecule has 0 amide bonds. The van der Waals surface area contributed by atoms with Gasteiger partial charge in [-0.3, -0.25) is 4.90 Å². The van der Waals surface area contributed by atoms with Gasteiger partial charge in [0.25, 0.3) is 0 Å². The lowest BCUT2D eigenvalue weighted by atomic mass is 10.1. The van der Waals surface area contributed by atoms with Crippen LogP contribution >= 0.6 is 11.6 Å². The number of aromatic nitrogens is 1. The van der Waals surface area contributed by atoms with Crippen molar-refractivity contribution in [3.8, 4) is 6.07 Å². The summed E-state index contributed by atoms with van der Waals surface area (Å²) in [6, 6.07) is 5.59. The van der Waals surface area contributed by atoms with Crippen LogP contribution in [0.25, 0.3) is 0 Å². The Kier molecular flexibility index (Phi) is 3.73. The highest BCUT2D eigenvalue weighted by Gasteiger charge is 2.22. The van der Waals surface area contributed by atoms with Crippen molar-refractivity contribution in [2.24, 2.45) is 0 Å². The topological polar surface area (TPSA) is 49.2 Å². The molecule has 0 aromatic carbocycles. The standard InChI is InChI=1S/C11H12ClN3O/c12-11-2-1-9(8-14-11)10(7-13)15-3-5-16-6-4-15/h1-2,8,10H,3-6H2. The van der Waals surface area contributed by atoms with Crippen molar-refractivity contribution in [2.45, 2.75) is 6.04 Å². The van der Waals surface area contributed by atoms with Gasteiger partial charge in [0.1, 0.15) is 11.2 Å². The summed E-state index contributed by atoms with van der Waals surface area (Å²) < 4.78 is 5.26. The van der Waals surface area contributed by atoms with E-state index in [4.69, 9.17) is 16.3 Å². The lowest BCUT2D eigenvalue weighted by Crippen LogP contribution is -2.38. The highest BCUT2D eigenvalue weighted by Crippen LogP contribution is 2.21. The Morgan fingerprint density at radius 1 is 1.44 bits per heavy atom. The lowest BCUT2D eigenvalue weighted by Gasteiger charge is -2.30. The van der Waals surface area contributed by atoms with E-state index in [2.05, 4.69) is 16.0 Å². The molecule has 0 aliphatic carbocycles. The third kappa shape index (κ3) is 2.50. The minimum absolute atomic E-state index is 0.256. The van der Waals surface area contributed by atoms with Crippen molar-refractivity contribution in [3.63, 3.8) is 0 Å². The SMILES string of the molecule is N#CC(c1ccc(Cl)nc1)N1CCOCC1. The van der Waals surface area contributed by atoms with E-state index in [1.165, 1.54) is 0 Å². The van der Waals surface area contributed by atoms with Gasteiger partial charge in [0, 0.05) is 24.8 Å². The number of morpholine rings is 1. The van der Waals surface area contributed by atoms with Crippen molar-refractivity contribution in [1.29, 1.82) is 5.26 Å². The zero-order valence-electron chi connectivity index (χ0n) is 8.77. The van der Waals surface area contributed by atoms with Crippen LogP contribution in [0.15, 0.2) is 18.3 Å². The van der Waals surface area contributed by atoms with E-state index < -0.39 is 0 Å². The molecule has 5 heteroatoms. The molecule has 1 unspecified atom stereocenters. The van der Waals surface area contributed by atoms with Gasteiger partial charge in [-0.25, -0.2) is 4.98 Å². The van der Waals surface area contributed by atoms with Gasteiger partial charge in [0.15, 0.2) is 0 Å². The normalized spacial score (nSPS) is 19.0. The summed E-state index contributed by atoms with van der Waals surface area (Å²) in [4.78, 5) is 6.09. The van der Waals surface area contributed by atoms with Gasteiger partial charge < -0.3 is 4.74 Å². The number of nitriles is 1. The number of halogens is 1. The molecular weight excluding hydrogens is 226 g/mol. The van der Waals surface area contributed by atoms with Crippen molar-refractivity contribution < 1.29 is 4.74 Å². The Bertz CT molecular complexity index is 381. The lowest BCUT2D eigenvalue weighted by molar-refractivity contribution is 0.0266. The summed E-state index contributed by atoms with van der Waals surface area (Å²) in [5.41, 5.74) is 0.883. The Labute approximate surface area is 99.4 Å². The summed E-state index contributed by atoms with van der Waals surface area (Å²) in [7, 11) is 0. The van der Waals surface area contributed by atoms with Gasteiger partial charge in [0.05, 0.1) is 19.3 Å². The maximum atomic E-state index is 9.21. The molecule has 1 aliphatic heterocycles. The smallest absolute Gasteiger partial charge is 0.129 e. The second-order valence-electron chi connectivity index (χ2n) is 3.59. The molecule has 4 nitrogen and oxygen atoms in total. The van der Waals surface area contributed by atoms with E-state index in [9.17, 15) is 5.26 Å². The van der Waals surface area contributed by atoms with E-state index in [0.29, 0.717) is 18.4 Å². The Balaban J connectivity index is 2.15. The molecule has 1 aromatic rings. The highest BCUT2D eigenvalue weighted by atomic mass is 35.5. The summed E-state index contributed by atoms with van der Waals surface area (Å²) >= 11 is 5.72.